The van der Waals surface area contributed by atoms with Crippen molar-refractivity contribution in [3.8, 4) is 0 Å². The van der Waals surface area contributed by atoms with E-state index in [1.165, 1.54) is 15.2 Å². The molecule has 0 amide bonds. The first kappa shape index (κ1) is 13.5. The van der Waals surface area contributed by atoms with E-state index < -0.39 is 0 Å². The van der Waals surface area contributed by atoms with Gasteiger partial charge in [-0.3, -0.25) is 0 Å². The summed E-state index contributed by atoms with van der Waals surface area (Å²) in [7, 11) is 1.91. The highest BCUT2D eigenvalue weighted by Gasteiger charge is 2.12. The number of benzene rings is 2. The van der Waals surface area contributed by atoms with Gasteiger partial charge in [-0.2, -0.15) is 0 Å². The van der Waals surface area contributed by atoms with Gasteiger partial charge >= 0.3 is 0 Å². The first-order chi connectivity index (χ1) is 8.70. The Kier molecular flexibility index (Phi) is 4.72. The second-order valence-corrected chi connectivity index (χ2v) is 5.43. The van der Waals surface area contributed by atoms with Gasteiger partial charge < -0.3 is 5.32 Å². The Labute approximate surface area is 121 Å². The standard InChI is InChI=1S/C15H15FIN/c1-18-15(11-6-8-13(17)9-7-11)10-12-4-2-3-5-14(12)16/h2-9,15,18H,10H2,1H3. The van der Waals surface area contributed by atoms with Crippen molar-refractivity contribution in [3.05, 3.63) is 69.0 Å². The maximum Gasteiger partial charge on any atom is 0.126 e. The molecule has 2 aromatic rings. The van der Waals surface area contributed by atoms with Gasteiger partial charge in [-0.1, -0.05) is 30.3 Å². The van der Waals surface area contributed by atoms with Crippen molar-refractivity contribution >= 4 is 22.6 Å². The molecule has 0 bridgehead atoms. The average molecular weight is 355 g/mol. The number of halogens is 2. The van der Waals surface area contributed by atoms with Crippen LogP contribution in [0, 0.1) is 9.39 Å². The maximum absolute atomic E-state index is 13.6. The summed E-state index contributed by atoms with van der Waals surface area (Å²) in [5.41, 5.74) is 1.93. The molecule has 0 spiro atoms. The summed E-state index contributed by atoms with van der Waals surface area (Å²) in [5.74, 6) is -0.136. The molecule has 18 heavy (non-hydrogen) atoms. The van der Waals surface area contributed by atoms with E-state index in [4.69, 9.17) is 0 Å². The minimum atomic E-state index is -0.136. The molecule has 1 atom stereocenters. The molecular weight excluding hydrogens is 340 g/mol. The molecule has 2 rings (SSSR count). The van der Waals surface area contributed by atoms with Crippen LogP contribution in [0.5, 0.6) is 0 Å². The number of likely N-dealkylation sites (N-methyl/N-ethyl adjacent to an activating group) is 1. The summed E-state index contributed by atoms with van der Waals surface area (Å²) >= 11 is 2.28. The zero-order chi connectivity index (χ0) is 13.0. The molecule has 0 fully saturated rings. The minimum Gasteiger partial charge on any atom is -0.313 e. The largest absolute Gasteiger partial charge is 0.313 e. The fraction of sp³-hybridized carbons (Fsp3) is 0.200. The topological polar surface area (TPSA) is 12.0 Å². The van der Waals surface area contributed by atoms with Crippen LogP contribution >= 0.6 is 22.6 Å². The lowest BCUT2D eigenvalue weighted by atomic mass is 9.99. The van der Waals surface area contributed by atoms with E-state index in [1.807, 2.05) is 19.2 Å². The van der Waals surface area contributed by atoms with E-state index in [0.717, 1.165) is 5.56 Å². The molecule has 1 unspecified atom stereocenters. The Morgan fingerprint density at radius 3 is 2.39 bits per heavy atom. The van der Waals surface area contributed by atoms with Gasteiger partial charge in [-0.05, 0) is 65.4 Å². The molecule has 0 aliphatic rings. The van der Waals surface area contributed by atoms with Gasteiger partial charge in [0.2, 0.25) is 0 Å². The van der Waals surface area contributed by atoms with Crippen LogP contribution in [-0.4, -0.2) is 7.05 Å². The number of rotatable bonds is 4. The van der Waals surface area contributed by atoms with Crippen LogP contribution in [0.25, 0.3) is 0 Å². The fourth-order valence-corrected chi connectivity index (χ4v) is 2.33. The second kappa shape index (κ2) is 6.29. The van der Waals surface area contributed by atoms with Crippen molar-refractivity contribution < 1.29 is 4.39 Å². The lowest BCUT2D eigenvalue weighted by Crippen LogP contribution is -2.19. The summed E-state index contributed by atoms with van der Waals surface area (Å²) in [5, 5.41) is 3.24. The van der Waals surface area contributed by atoms with Gasteiger partial charge in [0.1, 0.15) is 5.82 Å². The van der Waals surface area contributed by atoms with Gasteiger partial charge in [0.15, 0.2) is 0 Å². The van der Waals surface area contributed by atoms with Crippen molar-refractivity contribution in [2.45, 2.75) is 12.5 Å². The van der Waals surface area contributed by atoms with Crippen molar-refractivity contribution in [2.24, 2.45) is 0 Å². The highest BCUT2D eigenvalue weighted by Crippen LogP contribution is 2.20. The van der Waals surface area contributed by atoms with Crippen LogP contribution in [0.3, 0.4) is 0 Å². The highest BCUT2D eigenvalue weighted by atomic mass is 127. The maximum atomic E-state index is 13.6. The molecule has 0 aromatic heterocycles. The minimum absolute atomic E-state index is 0.136. The smallest absolute Gasteiger partial charge is 0.126 e. The Morgan fingerprint density at radius 2 is 1.78 bits per heavy atom. The van der Waals surface area contributed by atoms with Gasteiger partial charge in [0.25, 0.3) is 0 Å². The third-order valence-electron chi connectivity index (χ3n) is 3.00. The van der Waals surface area contributed by atoms with Crippen molar-refractivity contribution in [1.29, 1.82) is 0 Å². The first-order valence-electron chi connectivity index (χ1n) is 5.87. The molecule has 3 heteroatoms. The van der Waals surface area contributed by atoms with E-state index in [0.29, 0.717) is 6.42 Å². The highest BCUT2D eigenvalue weighted by molar-refractivity contribution is 14.1. The predicted octanol–water partition coefficient (Wildman–Crippen LogP) is 3.93. The van der Waals surface area contributed by atoms with Gasteiger partial charge in [0.05, 0.1) is 0 Å². The van der Waals surface area contributed by atoms with Crippen molar-refractivity contribution in [2.75, 3.05) is 7.05 Å². The third kappa shape index (κ3) is 3.29. The Balaban J connectivity index is 2.20. The molecule has 0 heterocycles. The van der Waals surface area contributed by atoms with E-state index in [1.54, 1.807) is 6.07 Å². The van der Waals surface area contributed by atoms with E-state index in [-0.39, 0.29) is 11.9 Å². The summed E-state index contributed by atoms with van der Waals surface area (Å²) in [4.78, 5) is 0. The fourth-order valence-electron chi connectivity index (χ4n) is 1.97. The molecule has 0 aliphatic heterocycles. The molecule has 0 saturated heterocycles. The zero-order valence-electron chi connectivity index (χ0n) is 10.2. The summed E-state index contributed by atoms with van der Waals surface area (Å²) < 4.78 is 14.8. The van der Waals surface area contributed by atoms with Crippen LogP contribution in [0.4, 0.5) is 4.39 Å². The Morgan fingerprint density at radius 1 is 1.11 bits per heavy atom. The molecule has 0 radical (unpaired) electrons. The second-order valence-electron chi connectivity index (χ2n) is 4.19. The Bertz CT molecular complexity index is 510. The van der Waals surface area contributed by atoms with Crippen LogP contribution in [-0.2, 0) is 6.42 Å². The normalized spacial score (nSPS) is 12.4. The zero-order valence-corrected chi connectivity index (χ0v) is 12.3. The van der Waals surface area contributed by atoms with Gasteiger partial charge in [-0.25, -0.2) is 4.39 Å². The van der Waals surface area contributed by atoms with E-state index in [9.17, 15) is 4.39 Å². The Hall–Kier alpha value is -0.940. The number of nitrogens with one attached hydrogen (secondary N) is 1. The monoisotopic (exact) mass is 355 g/mol. The lowest BCUT2D eigenvalue weighted by Gasteiger charge is -2.17. The number of hydrogen-bond donors (Lipinski definition) is 1. The lowest BCUT2D eigenvalue weighted by molar-refractivity contribution is 0.554. The van der Waals surface area contributed by atoms with Gasteiger partial charge in [0, 0.05) is 9.61 Å². The molecule has 2 aromatic carbocycles. The predicted molar refractivity (Wildman–Crippen MR) is 81.1 cm³/mol. The van der Waals surface area contributed by atoms with E-state index in [2.05, 4.69) is 52.2 Å². The molecule has 1 nitrogen and oxygen atoms in total. The molecular formula is C15H15FIN. The molecule has 1 N–H and O–H groups in total. The third-order valence-corrected chi connectivity index (χ3v) is 3.72. The molecule has 0 saturated carbocycles. The van der Waals surface area contributed by atoms with Crippen molar-refractivity contribution in [3.63, 3.8) is 0 Å². The summed E-state index contributed by atoms with van der Waals surface area (Å²) in [6.07, 6.45) is 0.657. The van der Waals surface area contributed by atoms with Crippen LogP contribution in [0.1, 0.15) is 17.2 Å². The van der Waals surface area contributed by atoms with Gasteiger partial charge in [-0.15, -0.1) is 0 Å². The molecule has 94 valence electrons. The van der Waals surface area contributed by atoms with Crippen LogP contribution in [0.15, 0.2) is 48.5 Å². The van der Waals surface area contributed by atoms with Crippen LogP contribution < -0.4 is 5.32 Å². The number of hydrogen-bond acceptors (Lipinski definition) is 1. The quantitative estimate of drug-likeness (QED) is 0.820. The van der Waals surface area contributed by atoms with Crippen molar-refractivity contribution in [1.82, 2.24) is 5.32 Å². The van der Waals surface area contributed by atoms with Crippen LogP contribution in [0.2, 0.25) is 0 Å². The first-order valence-corrected chi connectivity index (χ1v) is 6.94. The SMILES string of the molecule is CNC(Cc1ccccc1F)c1ccc(I)cc1. The summed E-state index contributed by atoms with van der Waals surface area (Å²) in [6.45, 7) is 0. The average Bonchev–Trinajstić information content (AvgIpc) is 2.39. The van der Waals surface area contributed by atoms with E-state index >= 15 is 0 Å². The summed E-state index contributed by atoms with van der Waals surface area (Å²) in [6, 6.07) is 15.4. The molecule has 0 aliphatic carbocycles.